The zero-order valence-electron chi connectivity index (χ0n) is 13.7. The number of hydrogen-bond donors (Lipinski definition) is 1. The minimum atomic E-state index is -3.64. The molecule has 0 spiro atoms. The van der Waals surface area contributed by atoms with Crippen LogP contribution in [0.4, 0.5) is 10.5 Å². The Bertz CT molecular complexity index is 844. The zero-order valence-corrected chi connectivity index (χ0v) is 14.5. The number of anilines is 1. The van der Waals surface area contributed by atoms with Gasteiger partial charge in [0.25, 0.3) is 0 Å². The van der Waals surface area contributed by atoms with E-state index < -0.39 is 15.9 Å². The highest BCUT2D eigenvalue weighted by molar-refractivity contribution is 7.91. The first-order valence-corrected chi connectivity index (χ1v) is 9.02. The molecule has 5 nitrogen and oxygen atoms in total. The summed E-state index contributed by atoms with van der Waals surface area (Å²) in [5.41, 5.74) is 1.58. The van der Waals surface area contributed by atoms with Crippen molar-refractivity contribution < 1.29 is 13.2 Å². The van der Waals surface area contributed by atoms with Crippen LogP contribution in [0.5, 0.6) is 0 Å². The number of hydrogen-bond acceptors (Lipinski definition) is 3. The van der Waals surface area contributed by atoms with Gasteiger partial charge in [-0.2, -0.15) is 0 Å². The average Bonchev–Trinajstić information content (AvgIpc) is 2.55. The van der Waals surface area contributed by atoms with Crippen molar-refractivity contribution in [3.05, 3.63) is 61.2 Å². The van der Waals surface area contributed by atoms with Crippen LogP contribution in [0.25, 0.3) is 11.1 Å². The third-order valence-corrected chi connectivity index (χ3v) is 5.13. The molecule has 24 heavy (non-hydrogen) atoms. The van der Waals surface area contributed by atoms with Crippen molar-refractivity contribution in [3.8, 4) is 11.1 Å². The van der Waals surface area contributed by atoms with E-state index in [2.05, 4.69) is 11.9 Å². The second-order valence-corrected chi connectivity index (χ2v) is 7.41. The van der Waals surface area contributed by atoms with Gasteiger partial charge < -0.3 is 10.2 Å². The molecule has 6 heteroatoms. The normalized spacial score (nSPS) is 10.9. The lowest BCUT2D eigenvalue weighted by atomic mass is 10.1. The quantitative estimate of drug-likeness (QED) is 0.845. The summed E-state index contributed by atoms with van der Waals surface area (Å²) in [6, 6.07) is 13.9. The summed E-state index contributed by atoms with van der Waals surface area (Å²) in [7, 11) is -0.459. The number of nitrogens with one attached hydrogen (secondary N) is 1. The van der Waals surface area contributed by atoms with E-state index in [1.807, 2.05) is 30.3 Å². The predicted octanol–water partition coefficient (Wildman–Crippen LogP) is 3.41. The minimum Gasteiger partial charge on any atom is -0.331 e. The molecule has 0 radical (unpaired) electrons. The second kappa shape index (κ2) is 7.31. The van der Waals surface area contributed by atoms with Gasteiger partial charge in [0, 0.05) is 19.7 Å². The van der Waals surface area contributed by atoms with Crippen LogP contribution in [-0.2, 0) is 9.84 Å². The molecule has 2 rings (SSSR count). The molecule has 0 fully saturated rings. The van der Waals surface area contributed by atoms with Crippen LogP contribution in [0.15, 0.2) is 66.1 Å². The Morgan fingerprint density at radius 1 is 1.12 bits per heavy atom. The fourth-order valence-corrected chi connectivity index (χ4v) is 3.73. The fourth-order valence-electron chi connectivity index (χ4n) is 2.28. The van der Waals surface area contributed by atoms with E-state index in [1.54, 1.807) is 32.3 Å². The smallest absolute Gasteiger partial charge is 0.321 e. The SMILES string of the molecule is C=CCS(=O)(=O)c1c(NC(=O)N(C)C)cccc1-c1ccccc1. The van der Waals surface area contributed by atoms with Crippen LogP contribution < -0.4 is 5.32 Å². The van der Waals surface area contributed by atoms with Crippen LogP contribution in [0.1, 0.15) is 0 Å². The molecular weight excluding hydrogens is 324 g/mol. The Morgan fingerprint density at radius 3 is 2.38 bits per heavy atom. The maximum absolute atomic E-state index is 12.8. The van der Waals surface area contributed by atoms with E-state index in [4.69, 9.17) is 0 Å². The molecule has 0 unspecified atom stereocenters. The van der Waals surface area contributed by atoms with Crippen molar-refractivity contribution in [1.82, 2.24) is 4.90 Å². The first-order valence-electron chi connectivity index (χ1n) is 7.37. The second-order valence-electron chi connectivity index (χ2n) is 5.44. The third kappa shape index (κ3) is 3.83. The lowest BCUT2D eigenvalue weighted by Crippen LogP contribution is -2.28. The summed E-state index contributed by atoms with van der Waals surface area (Å²) in [5.74, 6) is -0.207. The van der Waals surface area contributed by atoms with Gasteiger partial charge in [0.2, 0.25) is 0 Å². The summed E-state index contributed by atoms with van der Waals surface area (Å²) < 4.78 is 25.5. The standard InChI is InChI=1S/C18H20N2O3S/c1-4-13-24(22,23)17-15(14-9-6-5-7-10-14)11-8-12-16(17)19-18(21)20(2)3/h4-12H,1,13H2,2-3H3,(H,19,21). The van der Waals surface area contributed by atoms with Gasteiger partial charge in [-0.25, -0.2) is 13.2 Å². The van der Waals surface area contributed by atoms with Crippen LogP contribution in [0.2, 0.25) is 0 Å². The van der Waals surface area contributed by atoms with Crippen molar-refractivity contribution in [1.29, 1.82) is 0 Å². The van der Waals surface area contributed by atoms with Gasteiger partial charge in [-0.05, 0) is 11.6 Å². The highest BCUT2D eigenvalue weighted by Gasteiger charge is 2.23. The lowest BCUT2D eigenvalue weighted by molar-refractivity contribution is 0.230. The summed E-state index contributed by atoms with van der Waals surface area (Å²) in [6.07, 6.45) is 1.34. The maximum atomic E-state index is 12.8. The third-order valence-electron chi connectivity index (χ3n) is 3.40. The molecule has 2 aromatic carbocycles. The molecule has 2 aromatic rings. The van der Waals surface area contributed by atoms with Crippen molar-refractivity contribution in [2.45, 2.75) is 4.90 Å². The molecule has 0 aliphatic heterocycles. The lowest BCUT2D eigenvalue weighted by Gasteiger charge is -2.18. The summed E-state index contributed by atoms with van der Waals surface area (Å²) in [5, 5.41) is 2.66. The van der Waals surface area contributed by atoms with Gasteiger partial charge in [-0.15, -0.1) is 6.58 Å². The molecular formula is C18H20N2O3S. The minimum absolute atomic E-state index is 0.103. The number of benzene rings is 2. The predicted molar refractivity (Wildman–Crippen MR) is 96.8 cm³/mol. The van der Waals surface area contributed by atoms with E-state index in [0.29, 0.717) is 5.56 Å². The van der Waals surface area contributed by atoms with Crippen LogP contribution in [0, 0.1) is 0 Å². The summed E-state index contributed by atoms with van der Waals surface area (Å²) in [4.78, 5) is 13.4. The topological polar surface area (TPSA) is 66.5 Å². The van der Waals surface area contributed by atoms with Crippen molar-refractivity contribution in [2.75, 3.05) is 25.2 Å². The van der Waals surface area contributed by atoms with Crippen LogP contribution in [-0.4, -0.2) is 39.2 Å². The van der Waals surface area contributed by atoms with Gasteiger partial charge >= 0.3 is 6.03 Å². The molecule has 0 aliphatic carbocycles. The van der Waals surface area contributed by atoms with Gasteiger partial charge in [-0.3, -0.25) is 0 Å². The number of rotatable bonds is 5. The number of sulfone groups is 1. The molecule has 126 valence electrons. The first kappa shape index (κ1) is 17.7. The molecule has 0 aromatic heterocycles. The van der Waals surface area contributed by atoms with Crippen molar-refractivity contribution in [3.63, 3.8) is 0 Å². The average molecular weight is 344 g/mol. The summed E-state index contributed by atoms with van der Waals surface area (Å²) in [6.45, 7) is 3.52. The van der Waals surface area contributed by atoms with E-state index >= 15 is 0 Å². The van der Waals surface area contributed by atoms with Crippen LogP contribution >= 0.6 is 0 Å². The van der Waals surface area contributed by atoms with E-state index in [-0.39, 0.29) is 16.3 Å². The first-order chi connectivity index (χ1) is 11.4. The Morgan fingerprint density at radius 2 is 1.79 bits per heavy atom. The molecule has 2 amide bonds. The maximum Gasteiger partial charge on any atom is 0.321 e. The van der Waals surface area contributed by atoms with Crippen LogP contribution in [0.3, 0.4) is 0 Å². The summed E-state index contributed by atoms with van der Waals surface area (Å²) >= 11 is 0. The molecule has 0 saturated heterocycles. The van der Waals surface area contributed by atoms with E-state index in [9.17, 15) is 13.2 Å². The number of urea groups is 1. The zero-order chi connectivity index (χ0) is 17.7. The fraction of sp³-hybridized carbons (Fsp3) is 0.167. The molecule has 0 bridgehead atoms. The molecule has 0 atom stereocenters. The van der Waals surface area contributed by atoms with E-state index in [0.717, 1.165) is 5.56 Å². The molecule has 0 saturated carbocycles. The van der Waals surface area contributed by atoms with Crippen molar-refractivity contribution >= 4 is 21.6 Å². The Kier molecular flexibility index (Phi) is 5.41. The van der Waals surface area contributed by atoms with Gasteiger partial charge in [0.05, 0.1) is 16.3 Å². The highest BCUT2D eigenvalue weighted by Crippen LogP contribution is 2.34. The largest absolute Gasteiger partial charge is 0.331 e. The Hall–Kier alpha value is -2.60. The number of carbonyl (C=O) groups is 1. The number of nitrogens with zero attached hydrogens (tertiary/aromatic N) is 1. The Balaban J connectivity index is 2.68. The molecule has 0 aliphatic rings. The Labute approximate surface area is 142 Å². The highest BCUT2D eigenvalue weighted by atomic mass is 32.2. The molecule has 1 N–H and O–H groups in total. The van der Waals surface area contributed by atoms with E-state index in [1.165, 1.54) is 11.0 Å². The van der Waals surface area contributed by atoms with Gasteiger partial charge in [0.1, 0.15) is 0 Å². The molecule has 0 heterocycles. The number of carbonyl (C=O) groups excluding carboxylic acids is 1. The monoisotopic (exact) mass is 344 g/mol. The van der Waals surface area contributed by atoms with Gasteiger partial charge in [0.15, 0.2) is 9.84 Å². The van der Waals surface area contributed by atoms with Gasteiger partial charge in [-0.1, -0.05) is 48.5 Å². The number of amides is 2. The van der Waals surface area contributed by atoms with Crippen molar-refractivity contribution in [2.24, 2.45) is 0 Å².